The van der Waals surface area contributed by atoms with E-state index < -0.39 is 20.0 Å². The Labute approximate surface area is 173 Å². The molecule has 0 amide bonds. The maximum absolute atomic E-state index is 12.8. The van der Waals surface area contributed by atoms with E-state index in [4.69, 9.17) is 4.74 Å². The van der Waals surface area contributed by atoms with Crippen LogP contribution in [0.1, 0.15) is 26.3 Å². The molecule has 7 nitrogen and oxygen atoms in total. The number of benzene rings is 2. The van der Waals surface area contributed by atoms with Gasteiger partial charge in [0, 0.05) is 13.1 Å². The van der Waals surface area contributed by atoms with Crippen LogP contribution in [-0.2, 0) is 20.0 Å². The highest BCUT2D eigenvalue weighted by Crippen LogP contribution is 2.30. The van der Waals surface area contributed by atoms with Crippen LogP contribution in [0, 0.1) is 0 Å². The highest BCUT2D eigenvalue weighted by Gasteiger charge is 2.23. The minimum absolute atomic E-state index is 0.00519. The van der Waals surface area contributed by atoms with Gasteiger partial charge < -0.3 is 4.74 Å². The average Bonchev–Trinajstić information content (AvgIpc) is 2.69. The minimum Gasteiger partial charge on any atom is -0.492 e. The van der Waals surface area contributed by atoms with Crippen molar-refractivity contribution < 1.29 is 21.6 Å². The molecule has 9 heteroatoms. The zero-order valence-electron chi connectivity index (χ0n) is 16.7. The summed E-state index contributed by atoms with van der Waals surface area (Å²) < 4.78 is 59.8. The zero-order valence-corrected chi connectivity index (χ0v) is 18.3. The summed E-state index contributed by atoms with van der Waals surface area (Å²) in [6, 6.07) is 13.1. The molecule has 2 rings (SSSR count). The molecule has 0 aliphatic carbocycles. The molecular weight excluding hydrogens is 412 g/mol. The molecule has 0 saturated carbocycles. The Morgan fingerprint density at radius 1 is 0.966 bits per heavy atom. The molecule has 0 spiro atoms. The predicted octanol–water partition coefficient (Wildman–Crippen LogP) is 3.53. The van der Waals surface area contributed by atoms with Gasteiger partial charge >= 0.3 is 0 Å². The molecule has 0 atom stereocenters. The van der Waals surface area contributed by atoms with Gasteiger partial charge in [-0.1, -0.05) is 44.2 Å². The summed E-state index contributed by atoms with van der Waals surface area (Å²) in [6.45, 7) is 6.17. The maximum Gasteiger partial charge on any atom is 0.255 e. The number of hydrogen-bond acceptors (Lipinski definition) is 5. The lowest BCUT2D eigenvalue weighted by Gasteiger charge is -2.20. The van der Waals surface area contributed by atoms with E-state index in [2.05, 4.69) is 4.72 Å². The van der Waals surface area contributed by atoms with Crippen molar-refractivity contribution in [2.45, 2.75) is 25.7 Å². The van der Waals surface area contributed by atoms with Crippen molar-refractivity contribution in [2.75, 3.05) is 24.4 Å². The van der Waals surface area contributed by atoms with Crippen LogP contribution in [0.5, 0.6) is 5.75 Å². The van der Waals surface area contributed by atoms with Gasteiger partial charge in [0.25, 0.3) is 10.0 Å². The van der Waals surface area contributed by atoms with Crippen molar-refractivity contribution in [3.63, 3.8) is 0 Å². The van der Waals surface area contributed by atoms with Gasteiger partial charge in [-0.2, -0.15) is 4.31 Å². The van der Waals surface area contributed by atoms with Crippen LogP contribution < -0.4 is 9.46 Å². The molecule has 0 aromatic heterocycles. The van der Waals surface area contributed by atoms with Gasteiger partial charge in [0.15, 0.2) is 0 Å². The molecule has 0 heterocycles. The van der Waals surface area contributed by atoms with Crippen LogP contribution >= 0.6 is 0 Å². The van der Waals surface area contributed by atoms with E-state index in [-0.39, 0.29) is 16.3 Å². The van der Waals surface area contributed by atoms with Crippen molar-refractivity contribution in [1.29, 1.82) is 0 Å². The van der Waals surface area contributed by atoms with E-state index in [0.717, 1.165) is 11.0 Å². The molecule has 0 radical (unpaired) electrons. The van der Waals surface area contributed by atoms with E-state index in [1.165, 1.54) is 28.6 Å². The fourth-order valence-electron chi connectivity index (χ4n) is 2.66. The second-order valence-corrected chi connectivity index (χ2v) is 9.55. The van der Waals surface area contributed by atoms with Crippen LogP contribution in [0.25, 0.3) is 6.08 Å². The van der Waals surface area contributed by atoms with Crippen LogP contribution in [0.2, 0.25) is 0 Å². The third-order valence-corrected chi connectivity index (χ3v) is 7.13. The monoisotopic (exact) mass is 438 g/mol. The Balaban J connectivity index is 2.40. The number of nitrogens with zero attached hydrogens (tertiary/aromatic N) is 1. The molecule has 0 aliphatic heterocycles. The fraction of sp³-hybridized carbons (Fsp3) is 0.300. The lowest BCUT2D eigenvalue weighted by Crippen LogP contribution is -2.30. The molecule has 0 fully saturated rings. The quantitative estimate of drug-likeness (QED) is 0.613. The van der Waals surface area contributed by atoms with Gasteiger partial charge in [0.1, 0.15) is 5.75 Å². The van der Waals surface area contributed by atoms with Gasteiger partial charge in [-0.05, 0) is 36.8 Å². The van der Waals surface area contributed by atoms with E-state index in [0.29, 0.717) is 19.7 Å². The highest BCUT2D eigenvalue weighted by molar-refractivity contribution is 7.95. The maximum atomic E-state index is 12.8. The smallest absolute Gasteiger partial charge is 0.255 e. The lowest BCUT2D eigenvalue weighted by atomic mass is 10.2. The first-order valence-corrected chi connectivity index (χ1v) is 12.2. The molecule has 0 unspecified atom stereocenters. The van der Waals surface area contributed by atoms with Gasteiger partial charge in [0.05, 0.1) is 22.6 Å². The first-order chi connectivity index (χ1) is 13.7. The summed E-state index contributed by atoms with van der Waals surface area (Å²) in [7, 11) is -7.63. The molecule has 2 aromatic carbocycles. The van der Waals surface area contributed by atoms with E-state index in [9.17, 15) is 16.8 Å². The van der Waals surface area contributed by atoms with Crippen molar-refractivity contribution in [1.82, 2.24) is 4.31 Å². The zero-order chi connectivity index (χ0) is 21.5. The van der Waals surface area contributed by atoms with E-state index >= 15 is 0 Å². The predicted molar refractivity (Wildman–Crippen MR) is 116 cm³/mol. The van der Waals surface area contributed by atoms with E-state index in [1.807, 2.05) is 6.07 Å². The average molecular weight is 439 g/mol. The summed E-state index contributed by atoms with van der Waals surface area (Å²) in [5, 5.41) is 1.03. The number of nitrogens with one attached hydrogen (secondary N) is 1. The van der Waals surface area contributed by atoms with Crippen molar-refractivity contribution in [3.8, 4) is 5.75 Å². The molecule has 158 valence electrons. The van der Waals surface area contributed by atoms with Crippen LogP contribution in [0.15, 0.2) is 58.8 Å². The summed E-state index contributed by atoms with van der Waals surface area (Å²) in [5.74, 6) is 0.252. The largest absolute Gasteiger partial charge is 0.492 e. The Bertz CT molecular complexity index is 1050. The normalized spacial score (nSPS) is 12.4. The first-order valence-electron chi connectivity index (χ1n) is 9.26. The standard InChI is InChI=1S/C20H26N2O5S2/c1-4-22(5-2)29(25,26)18-12-13-20(27-6-3)19(16-18)21-28(23,24)15-14-17-10-8-7-9-11-17/h7-16,21H,4-6H2,1-3H3/b15-14+. The number of sulfonamides is 2. The SMILES string of the molecule is CCOc1ccc(S(=O)(=O)N(CC)CC)cc1NS(=O)(=O)/C=C/c1ccccc1. The topological polar surface area (TPSA) is 92.8 Å². The first kappa shape index (κ1) is 22.9. The number of rotatable bonds is 10. The van der Waals surface area contributed by atoms with Crippen LogP contribution in [-0.4, -0.2) is 40.8 Å². The third-order valence-electron chi connectivity index (χ3n) is 4.09. The number of hydrogen-bond donors (Lipinski definition) is 1. The Hall–Kier alpha value is -2.36. The Morgan fingerprint density at radius 2 is 1.62 bits per heavy atom. The Morgan fingerprint density at radius 3 is 2.21 bits per heavy atom. The number of ether oxygens (including phenoxy) is 1. The lowest BCUT2D eigenvalue weighted by molar-refractivity contribution is 0.342. The summed E-state index contributed by atoms with van der Waals surface area (Å²) in [5.41, 5.74) is 0.790. The van der Waals surface area contributed by atoms with Crippen LogP contribution in [0.4, 0.5) is 5.69 Å². The van der Waals surface area contributed by atoms with Crippen LogP contribution in [0.3, 0.4) is 0 Å². The van der Waals surface area contributed by atoms with Gasteiger partial charge in [0.2, 0.25) is 10.0 Å². The van der Waals surface area contributed by atoms with E-state index in [1.54, 1.807) is 45.0 Å². The molecule has 0 saturated heterocycles. The van der Waals surface area contributed by atoms with Crippen molar-refractivity contribution in [2.24, 2.45) is 0 Å². The van der Waals surface area contributed by atoms with Crippen molar-refractivity contribution in [3.05, 3.63) is 59.5 Å². The molecule has 0 aliphatic rings. The fourth-order valence-corrected chi connectivity index (χ4v) is 5.02. The summed E-state index contributed by atoms with van der Waals surface area (Å²) >= 11 is 0. The van der Waals surface area contributed by atoms with Gasteiger partial charge in [-0.3, -0.25) is 4.72 Å². The third kappa shape index (κ3) is 6.06. The molecule has 1 N–H and O–H groups in total. The van der Waals surface area contributed by atoms with Crippen molar-refractivity contribution >= 4 is 31.8 Å². The van der Waals surface area contributed by atoms with Gasteiger partial charge in [-0.25, -0.2) is 16.8 Å². The second kappa shape index (κ2) is 9.91. The second-order valence-electron chi connectivity index (χ2n) is 6.04. The Kier molecular flexibility index (Phi) is 7.83. The molecule has 0 bridgehead atoms. The highest BCUT2D eigenvalue weighted by atomic mass is 32.2. The molecular formula is C20H26N2O5S2. The summed E-state index contributed by atoms with van der Waals surface area (Å²) in [4.78, 5) is -0.00519. The minimum atomic E-state index is -3.89. The number of anilines is 1. The summed E-state index contributed by atoms with van der Waals surface area (Å²) in [6.07, 6.45) is 1.46. The molecule has 29 heavy (non-hydrogen) atoms. The molecule has 2 aromatic rings. The van der Waals surface area contributed by atoms with Gasteiger partial charge in [-0.15, -0.1) is 0 Å².